The predicted molar refractivity (Wildman–Crippen MR) is 113 cm³/mol. The summed E-state index contributed by atoms with van der Waals surface area (Å²) >= 11 is 3.60. The van der Waals surface area contributed by atoms with Crippen LogP contribution in [0.5, 0.6) is 0 Å². The van der Waals surface area contributed by atoms with Gasteiger partial charge in [-0.25, -0.2) is 0 Å². The van der Waals surface area contributed by atoms with Gasteiger partial charge in [0.15, 0.2) is 0 Å². The number of hydrogen-bond donors (Lipinski definition) is 0. The molecule has 1 aliphatic rings. The van der Waals surface area contributed by atoms with Crippen molar-refractivity contribution in [3.8, 4) is 10.6 Å². The molecule has 1 aliphatic heterocycles. The number of aryl methyl sites for hydroxylation is 2. The van der Waals surface area contributed by atoms with E-state index in [-0.39, 0.29) is 5.91 Å². The third-order valence-electron chi connectivity index (χ3n) is 5.04. The number of carbonyl (C=O) groups excluding carboxylic acids is 1. The quantitative estimate of drug-likeness (QED) is 0.638. The second-order valence-electron chi connectivity index (χ2n) is 6.81. The number of carbonyl (C=O) groups is 1. The minimum Gasteiger partial charge on any atom is -0.336 e. The molecule has 1 saturated heterocycles. The van der Waals surface area contributed by atoms with Crippen molar-refractivity contribution >= 4 is 29.0 Å². The second-order valence-corrected chi connectivity index (χ2v) is 9.07. The van der Waals surface area contributed by atoms with E-state index in [0.29, 0.717) is 10.9 Å². The second kappa shape index (κ2) is 7.90. The van der Waals surface area contributed by atoms with Crippen LogP contribution in [0.25, 0.3) is 10.6 Å². The molecule has 0 spiro atoms. The Labute approximate surface area is 168 Å². The first kappa shape index (κ1) is 18.3. The van der Waals surface area contributed by atoms with Gasteiger partial charge in [-0.05, 0) is 42.0 Å². The van der Waals surface area contributed by atoms with E-state index >= 15 is 0 Å². The Morgan fingerprint density at radius 3 is 2.81 bits per heavy atom. The lowest BCUT2D eigenvalue weighted by Crippen LogP contribution is -2.34. The first-order valence-electron chi connectivity index (χ1n) is 9.18. The zero-order valence-corrected chi connectivity index (χ0v) is 17.2. The van der Waals surface area contributed by atoms with Crippen molar-refractivity contribution in [2.75, 3.05) is 18.8 Å². The van der Waals surface area contributed by atoms with Crippen LogP contribution in [-0.2, 0) is 7.05 Å². The summed E-state index contributed by atoms with van der Waals surface area (Å²) in [6.45, 7) is 3.74. The number of benzene rings is 1. The molecule has 1 fully saturated rings. The number of rotatable bonds is 3. The van der Waals surface area contributed by atoms with Gasteiger partial charge in [0.2, 0.25) is 0 Å². The topological polar surface area (TPSA) is 38.1 Å². The number of thiophene rings is 1. The van der Waals surface area contributed by atoms with Gasteiger partial charge in [0.05, 0.1) is 4.88 Å². The molecule has 2 aromatic heterocycles. The summed E-state index contributed by atoms with van der Waals surface area (Å²) in [6, 6.07) is 14.6. The van der Waals surface area contributed by atoms with Crippen LogP contribution in [0.15, 0.2) is 47.8 Å². The van der Waals surface area contributed by atoms with E-state index in [1.54, 1.807) is 16.0 Å². The number of hydrogen-bond acceptors (Lipinski definition) is 4. The Balaban J connectivity index is 1.50. The Bertz CT molecular complexity index is 933. The maximum absolute atomic E-state index is 13.1. The first-order chi connectivity index (χ1) is 13.1. The monoisotopic (exact) mass is 397 g/mol. The molecule has 4 nitrogen and oxygen atoms in total. The summed E-state index contributed by atoms with van der Waals surface area (Å²) in [5, 5.41) is 7.03. The Hall–Kier alpha value is -2.05. The van der Waals surface area contributed by atoms with Crippen molar-refractivity contribution < 1.29 is 4.79 Å². The van der Waals surface area contributed by atoms with Gasteiger partial charge in [0.1, 0.15) is 11.4 Å². The fraction of sp³-hybridized carbons (Fsp3) is 0.333. The summed E-state index contributed by atoms with van der Waals surface area (Å²) in [5.41, 5.74) is 4.27. The largest absolute Gasteiger partial charge is 0.336 e. The smallest absolute Gasteiger partial charge is 0.272 e. The fourth-order valence-corrected chi connectivity index (χ4v) is 5.55. The summed E-state index contributed by atoms with van der Waals surface area (Å²) in [4.78, 5) is 16.2. The zero-order chi connectivity index (χ0) is 18.8. The van der Waals surface area contributed by atoms with Crippen LogP contribution in [0.1, 0.15) is 33.3 Å². The molecule has 4 rings (SSSR count). The van der Waals surface area contributed by atoms with E-state index in [9.17, 15) is 4.79 Å². The molecule has 1 unspecified atom stereocenters. The van der Waals surface area contributed by atoms with Gasteiger partial charge in [0.25, 0.3) is 5.91 Å². The number of aromatic nitrogens is 2. The fourth-order valence-electron chi connectivity index (χ4n) is 3.54. The van der Waals surface area contributed by atoms with Crippen LogP contribution in [0.3, 0.4) is 0 Å². The van der Waals surface area contributed by atoms with Crippen LogP contribution in [0, 0.1) is 6.92 Å². The van der Waals surface area contributed by atoms with Gasteiger partial charge in [0, 0.05) is 31.1 Å². The molecule has 0 radical (unpaired) electrons. The molecule has 1 atom stereocenters. The van der Waals surface area contributed by atoms with Crippen molar-refractivity contribution in [3.05, 3.63) is 64.7 Å². The highest BCUT2D eigenvalue weighted by atomic mass is 32.2. The summed E-state index contributed by atoms with van der Waals surface area (Å²) < 4.78 is 1.72. The molecule has 3 aromatic rings. The number of thioether (sulfide) groups is 1. The lowest BCUT2D eigenvalue weighted by atomic mass is 10.0. The molecule has 0 bridgehead atoms. The van der Waals surface area contributed by atoms with Gasteiger partial charge < -0.3 is 4.90 Å². The molecule has 6 heteroatoms. The minimum absolute atomic E-state index is 0.0823. The predicted octanol–water partition coefficient (Wildman–Crippen LogP) is 4.78. The first-order valence-corrected chi connectivity index (χ1v) is 11.1. The van der Waals surface area contributed by atoms with Crippen molar-refractivity contribution in [1.29, 1.82) is 0 Å². The van der Waals surface area contributed by atoms with Gasteiger partial charge >= 0.3 is 0 Å². The molecule has 0 N–H and O–H groups in total. The lowest BCUT2D eigenvalue weighted by molar-refractivity contribution is 0.0755. The van der Waals surface area contributed by atoms with E-state index in [1.165, 1.54) is 11.1 Å². The van der Waals surface area contributed by atoms with Crippen LogP contribution >= 0.6 is 23.1 Å². The Morgan fingerprint density at radius 2 is 2.04 bits per heavy atom. The molecular weight excluding hydrogens is 374 g/mol. The summed E-state index contributed by atoms with van der Waals surface area (Å²) in [5.74, 6) is 1.04. The number of nitrogens with zero attached hydrogens (tertiary/aromatic N) is 3. The molecule has 1 aromatic carbocycles. The molecule has 3 heterocycles. The highest BCUT2D eigenvalue weighted by Crippen LogP contribution is 2.36. The standard InChI is InChI=1S/C21H23N3OS2/c1-15-6-3-4-7-16(15)19-9-10-24(11-13-27-19)21(25)18-14-17(22-23(18)2)20-8-5-12-26-20/h3-8,12,14,19H,9-11,13H2,1-2H3. The summed E-state index contributed by atoms with van der Waals surface area (Å²) in [7, 11) is 1.85. The molecule has 27 heavy (non-hydrogen) atoms. The molecule has 0 saturated carbocycles. The van der Waals surface area contributed by atoms with E-state index in [2.05, 4.69) is 36.3 Å². The van der Waals surface area contributed by atoms with Gasteiger partial charge in [-0.15, -0.1) is 11.3 Å². The lowest BCUT2D eigenvalue weighted by Gasteiger charge is -2.20. The number of amides is 1. The van der Waals surface area contributed by atoms with E-state index in [0.717, 1.165) is 35.8 Å². The third kappa shape index (κ3) is 3.82. The van der Waals surface area contributed by atoms with Gasteiger partial charge in [-0.3, -0.25) is 9.48 Å². The SMILES string of the molecule is Cc1ccccc1C1CCN(C(=O)c2cc(-c3cccs3)nn2C)CCS1. The average molecular weight is 398 g/mol. The van der Waals surface area contributed by atoms with E-state index in [4.69, 9.17) is 0 Å². The normalized spacial score (nSPS) is 17.7. The van der Waals surface area contributed by atoms with Crippen LogP contribution in [0.2, 0.25) is 0 Å². The van der Waals surface area contributed by atoms with Crippen molar-refractivity contribution in [3.63, 3.8) is 0 Å². The molecule has 0 aliphatic carbocycles. The van der Waals surface area contributed by atoms with Gasteiger partial charge in [-0.2, -0.15) is 16.9 Å². The molecule has 1 amide bonds. The van der Waals surface area contributed by atoms with Crippen LogP contribution in [-0.4, -0.2) is 39.4 Å². The van der Waals surface area contributed by atoms with E-state index < -0.39 is 0 Å². The highest BCUT2D eigenvalue weighted by molar-refractivity contribution is 7.99. The van der Waals surface area contributed by atoms with E-state index in [1.807, 2.05) is 47.3 Å². The third-order valence-corrected chi connectivity index (χ3v) is 7.24. The molecular formula is C21H23N3OS2. The minimum atomic E-state index is 0.0823. The van der Waals surface area contributed by atoms with Crippen molar-refractivity contribution in [2.24, 2.45) is 7.05 Å². The maximum atomic E-state index is 13.1. The van der Waals surface area contributed by atoms with Crippen molar-refractivity contribution in [2.45, 2.75) is 18.6 Å². The Kier molecular flexibility index (Phi) is 5.36. The summed E-state index contributed by atoms with van der Waals surface area (Å²) in [6.07, 6.45) is 0.983. The Morgan fingerprint density at radius 1 is 1.19 bits per heavy atom. The maximum Gasteiger partial charge on any atom is 0.272 e. The molecule has 140 valence electrons. The highest BCUT2D eigenvalue weighted by Gasteiger charge is 2.25. The zero-order valence-electron chi connectivity index (χ0n) is 15.6. The average Bonchev–Trinajstić information content (AvgIpc) is 3.26. The van der Waals surface area contributed by atoms with Crippen LogP contribution < -0.4 is 0 Å². The van der Waals surface area contributed by atoms with Crippen LogP contribution in [0.4, 0.5) is 0 Å². The van der Waals surface area contributed by atoms with Crippen molar-refractivity contribution in [1.82, 2.24) is 14.7 Å². The van der Waals surface area contributed by atoms with Gasteiger partial charge in [-0.1, -0.05) is 30.3 Å².